The van der Waals surface area contributed by atoms with Gasteiger partial charge >= 0.3 is 0 Å². The molecule has 1 aliphatic heterocycles. The largest absolute Gasteiger partial charge is 0.356 e. The second-order valence-electron chi connectivity index (χ2n) is 6.64. The minimum atomic E-state index is -0.177. The van der Waals surface area contributed by atoms with E-state index < -0.39 is 0 Å². The SMILES string of the molecule is Cc1ccc([C@H]2[C@H](C(=O)NCC(C)C)CCC(=O)N2C)cc1. The van der Waals surface area contributed by atoms with Crippen molar-refractivity contribution < 1.29 is 9.59 Å². The molecule has 2 rings (SSSR count). The fourth-order valence-corrected chi connectivity index (χ4v) is 2.97. The minimum Gasteiger partial charge on any atom is -0.356 e. The molecule has 2 atom stereocenters. The van der Waals surface area contributed by atoms with Crippen molar-refractivity contribution in [3.05, 3.63) is 35.4 Å². The molecule has 1 saturated heterocycles. The highest BCUT2D eigenvalue weighted by molar-refractivity contribution is 5.84. The van der Waals surface area contributed by atoms with Gasteiger partial charge in [0.25, 0.3) is 0 Å². The summed E-state index contributed by atoms with van der Waals surface area (Å²) < 4.78 is 0. The molecule has 0 radical (unpaired) electrons. The molecule has 1 heterocycles. The van der Waals surface area contributed by atoms with Gasteiger partial charge in [0, 0.05) is 20.0 Å². The van der Waals surface area contributed by atoms with Gasteiger partial charge < -0.3 is 10.2 Å². The van der Waals surface area contributed by atoms with Crippen LogP contribution in [-0.2, 0) is 9.59 Å². The molecule has 120 valence electrons. The van der Waals surface area contributed by atoms with E-state index in [1.165, 1.54) is 5.56 Å². The molecule has 1 aromatic carbocycles. The zero-order valence-electron chi connectivity index (χ0n) is 13.9. The maximum Gasteiger partial charge on any atom is 0.225 e. The first-order valence-corrected chi connectivity index (χ1v) is 8.00. The van der Waals surface area contributed by atoms with Crippen LogP contribution in [0.3, 0.4) is 0 Å². The van der Waals surface area contributed by atoms with Gasteiger partial charge in [-0.2, -0.15) is 0 Å². The first kappa shape index (κ1) is 16.5. The lowest BCUT2D eigenvalue weighted by atomic mass is 9.83. The van der Waals surface area contributed by atoms with Gasteiger partial charge in [-0.25, -0.2) is 0 Å². The van der Waals surface area contributed by atoms with Crippen molar-refractivity contribution in [3.8, 4) is 0 Å². The molecular formula is C18H26N2O2. The fraction of sp³-hybridized carbons (Fsp3) is 0.556. The summed E-state index contributed by atoms with van der Waals surface area (Å²) in [6.07, 6.45) is 1.06. The summed E-state index contributed by atoms with van der Waals surface area (Å²) in [7, 11) is 1.80. The Hall–Kier alpha value is -1.84. The van der Waals surface area contributed by atoms with Gasteiger partial charge in [0.15, 0.2) is 0 Å². The van der Waals surface area contributed by atoms with Crippen molar-refractivity contribution in [2.75, 3.05) is 13.6 Å². The highest BCUT2D eigenvalue weighted by Crippen LogP contribution is 2.35. The van der Waals surface area contributed by atoms with E-state index >= 15 is 0 Å². The van der Waals surface area contributed by atoms with E-state index in [-0.39, 0.29) is 23.8 Å². The number of hydrogen-bond donors (Lipinski definition) is 1. The molecule has 1 N–H and O–H groups in total. The van der Waals surface area contributed by atoms with Gasteiger partial charge in [-0.1, -0.05) is 43.7 Å². The second-order valence-corrected chi connectivity index (χ2v) is 6.64. The molecule has 4 nitrogen and oxygen atoms in total. The third-order valence-electron chi connectivity index (χ3n) is 4.30. The van der Waals surface area contributed by atoms with Gasteiger partial charge in [0.05, 0.1) is 12.0 Å². The molecule has 0 unspecified atom stereocenters. The Bertz CT molecular complexity index is 537. The molecule has 4 heteroatoms. The van der Waals surface area contributed by atoms with Gasteiger partial charge in [-0.15, -0.1) is 0 Å². The van der Waals surface area contributed by atoms with Crippen molar-refractivity contribution in [1.82, 2.24) is 10.2 Å². The van der Waals surface area contributed by atoms with E-state index in [0.717, 1.165) is 5.56 Å². The van der Waals surface area contributed by atoms with Crippen molar-refractivity contribution in [1.29, 1.82) is 0 Å². The average Bonchev–Trinajstić information content (AvgIpc) is 2.48. The van der Waals surface area contributed by atoms with Crippen LogP contribution in [0.2, 0.25) is 0 Å². The van der Waals surface area contributed by atoms with Crippen LogP contribution in [0.1, 0.15) is 43.9 Å². The molecule has 0 aromatic heterocycles. The third kappa shape index (κ3) is 3.67. The average molecular weight is 302 g/mol. The topological polar surface area (TPSA) is 49.4 Å². The summed E-state index contributed by atoms with van der Waals surface area (Å²) in [6, 6.07) is 7.95. The Labute approximate surface area is 132 Å². The maximum absolute atomic E-state index is 12.6. The predicted octanol–water partition coefficient (Wildman–Crippen LogP) is 2.68. The van der Waals surface area contributed by atoms with E-state index in [9.17, 15) is 9.59 Å². The number of amides is 2. The number of piperidine rings is 1. The maximum atomic E-state index is 12.6. The minimum absolute atomic E-state index is 0.0543. The Morgan fingerprint density at radius 1 is 1.32 bits per heavy atom. The number of likely N-dealkylation sites (tertiary alicyclic amines) is 1. The summed E-state index contributed by atoms with van der Waals surface area (Å²) in [5.74, 6) is 0.408. The normalized spacial score (nSPS) is 22.0. The Kier molecular flexibility index (Phi) is 5.22. The van der Waals surface area contributed by atoms with Gasteiger partial charge in [0.2, 0.25) is 11.8 Å². The van der Waals surface area contributed by atoms with Crippen molar-refractivity contribution >= 4 is 11.8 Å². The monoisotopic (exact) mass is 302 g/mol. The predicted molar refractivity (Wildman–Crippen MR) is 87.3 cm³/mol. The summed E-state index contributed by atoms with van der Waals surface area (Å²) in [6.45, 7) is 6.86. The lowest BCUT2D eigenvalue weighted by Gasteiger charge is -2.38. The summed E-state index contributed by atoms with van der Waals surface area (Å²) >= 11 is 0. The molecule has 0 aliphatic carbocycles. The van der Waals surface area contributed by atoms with E-state index in [2.05, 4.69) is 19.2 Å². The molecule has 2 amide bonds. The molecule has 1 aromatic rings. The van der Waals surface area contributed by atoms with Crippen molar-refractivity contribution in [2.24, 2.45) is 11.8 Å². The van der Waals surface area contributed by atoms with Crippen LogP contribution in [0.4, 0.5) is 0 Å². The summed E-state index contributed by atoms with van der Waals surface area (Å²) in [4.78, 5) is 26.4. The zero-order chi connectivity index (χ0) is 16.3. The molecule has 1 aliphatic rings. The van der Waals surface area contributed by atoms with Crippen LogP contribution < -0.4 is 5.32 Å². The Morgan fingerprint density at radius 2 is 1.95 bits per heavy atom. The van der Waals surface area contributed by atoms with Crippen molar-refractivity contribution in [2.45, 2.75) is 39.7 Å². The number of carbonyl (C=O) groups excluding carboxylic acids is 2. The molecule has 0 spiro atoms. The van der Waals surface area contributed by atoms with E-state index in [0.29, 0.717) is 25.3 Å². The number of rotatable bonds is 4. The van der Waals surface area contributed by atoms with Crippen LogP contribution in [-0.4, -0.2) is 30.3 Å². The Balaban J connectivity index is 2.24. The molecule has 0 bridgehead atoms. The first-order chi connectivity index (χ1) is 10.4. The number of carbonyl (C=O) groups is 2. The van der Waals surface area contributed by atoms with Crippen LogP contribution in [0, 0.1) is 18.8 Å². The quantitative estimate of drug-likeness (QED) is 0.929. The van der Waals surface area contributed by atoms with Crippen LogP contribution in [0.15, 0.2) is 24.3 Å². The number of benzene rings is 1. The summed E-state index contributed by atoms with van der Waals surface area (Å²) in [5.41, 5.74) is 2.21. The van der Waals surface area contributed by atoms with Crippen LogP contribution in [0.25, 0.3) is 0 Å². The standard InChI is InChI=1S/C18H26N2O2/c1-12(2)11-19-18(22)15-9-10-16(21)20(4)17(15)14-7-5-13(3)6-8-14/h5-8,12,15,17H,9-11H2,1-4H3,(H,19,22)/t15-,17+/m1/s1. The third-order valence-corrected chi connectivity index (χ3v) is 4.30. The highest BCUT2D eigenvalue weighted by Gasteiger charge is 2.38. The number of nitrogens with one attached hydrogen (secondary N) is 1. The van der Waals surface area contributed by atoms with Crippen molar-refractivity contribution in [3.63, 3.8) is 0 Å². The zero-order valence-corrected chi connectivity index (χ0v) is 13.9. The highest BCUT2D eigenvalue weighted by atomic mass is 16.2. The molecule has 22 heavy (non-hydrogen) atoms. The fourth-order valence-electron chi connectivity index (χ4n) is 2.97. The lowest BCUT2D eigenvalue weighted by molar-refractivity contribution is -0.141. The molecule has 0 saturated carbocycles. The van der Waals surface area contributed by atoms with Gasteiger partial charge in [-0.05, 0) is 24.8 Å². The number of aryl methyl sites for hydroxylation is 1. The molecular weight excluding hydrogens is 276 g/mol. The van der Waals surface area contributed by atoms with Crippen LogP contribution >= 0.6 is 0 Å². The smallest absolute Gasteiger partial charge is 0.225 e. The first-order valence-electron chi connectivity index (χ1n) is 8.00. The van der Waals surface area contributed by atoms with Crippen LogP contribution in [0.5, 0.6) is 0 Å². The van der Waals surface area contributed by atoms with E-state index in [1.807, 2.05) is 31.2 Å². The number of nitrogens with zero attached hydrogens (tertiary/aromatic N) is 1. The van der Waals surface area contributed by atoms with Gasteiger partial charge in [0.1, 0.15) is 0 Å². The summed E-state index contributed by atoms with van der Waals surface area (Å²) in [5, 5.41) is 3.02. The lowest BCUT2D eigenvalue weighted by Crippen LogP contribution is -2.46. The second kappa shape index (κ2) is 6.95. The Morgan fingerprint density at radius 3 is 2.55 bits per heavy atom. The van der Waals surface area contributed by atoms with Gasteiger partial charge in [-0.3, -0.25) is 9.59 Å². The van der Waals surface area contributed by atoms with E-state index in [4.69, 9.17) is 0 Å². The number of hydrogen-bond acceptors (Lipinski definition) is 2. The van der Waals surface area contributed by atoms with E-state index in [1.54, 1.807) is 11.9 Å². The molecule has 1 fully saturated rings.